The van der Waals surface area contributed by atoms with Crippen LogP contribution in [0.4, 0.5) is 0 Å². The third kappa shape index (κ3) is 2.59. The molecule has 1 aromatic carbocycles. The van der Waals surface area contributed by atoms with Crippen LogP contribution in [-0.2, 0) is 9.53 Å². The summed E-state index contributed by atoms with van der Waals surface area (Å²) in [6.07, 6.45) is 0. The molecule has 0 spiro atoms. The van der Waals surface area contributed by atoms with Gasteiger partial charge in [0.1, 0.15) is 5.75 Å². The summed E-state index contributed by atoms with van der Waals surface area (Å²) >= 11 is 0. The monoisotopic (exact) mass is 222 g/mol. The van der Waals surface area contributed by atoms with E-state index in [4.69, 9.17) is 4.74 Å². The van der Waals surface area contributed by atoms with Crippen LogP contribution in [0.3, 0.4) is 0 Å². The summed E-state index contributed by atoms with van der Waals surface area (Å²) in [6.45, 7) is 4.26. The second-order valence-electron chi connectivity index (χ2n) is 3.23. The van der Waals surface area contributed by atoms with Gasteiger partial charge in [0, 0.05) is 5.56 Å². The summed E-state index contributed by atoms with van der Waals surface area (Å²) in [6, 6.07) is 4.84. The van der Waals surface area contributed by atoms with Crippen LogP contribution < -0.4 is 4.74 Å². The van der Waals surface area contributed by atoms with E-state index in [-0.39, 0.29) is 0 Å². The Hall–Kier alpha value is -1.84. The molecule has 1 aromatic rings. The number of hydrogen-bond acceptors (Lipinski definition) is 4. The summed E-state index contributed by atoms with van der Waals surface area (Å²) < 4.78 is 9.69. The molecule has 0 radical (unpaired) electrons. The van der Waals surface area contributed by atoms with Crippen molar-refractivity contribution in [2.24, 2.45) is 0 Å². The number of hydrogen-bond donors (Lipinski definition) is 0. The molecule has 0 N–H and O–H groups in total. The Morgan fingerprint density at radius 1 is 1.31 bits per heavy atom. The van der Waals surface area contributed by atoms with E-state index in [0.29, 0.717) is 17.9 Å². The predicted molar refractivity (Wildman–Crippen MR) is 58.7 cm³/mol. The molecule has 0 saturated carbocycles. The maximum absolute atomic E-state index is 11.5. The molecule has 1 rings (SSSR count). The smallest absolute Gasteiger partial charge is 0.379 e. The molecule has 0 unspecified atom stereocenters. The number of benzene rings is 1. The number of carbonyl (C=O) groups is 2. The summed E-state index contributed by atoms with van der Waals surface area (Å²) in [4.78, 5) is 22.5. The Labute approximate surface area is 94.2 Å². The van der Waals surface area contributed by atoms with Crippen molar-refractivity contribution in [1.82, 2.24) is 0 Å². The Morgan fingerprint density at radius 2 is 2.00 bits per heavy atom. The minimum absolute atomic E-state index is 0.313. The fraction of sp³-hybridized carbons (Fsp3) is 0.333. The largest absolute Gasteiger partial charge is 0.494 e. The zero-order valence-electron chi connectivity index (χ0n) is 9.57. The fourth-order valence-corrected chi connectivity index (χ4v) is 1.32. The lowest BCUT2D eigenvalue weighted by Crippen LogP contribution is -2.15. The molecule has 0 bridgehead atoms. The van der Waals surface area contributed by atoms with Gasteiger partial charge in [0.2, 0.25) is 0 Å². The topological polar surface area (TPSA) is 52.6 Å². The van der Waals surface area contributed by atoms with Gasteiger partial charge in [-0.2, -0.15) is 0 Å². The second-order valence-corrected chi connectivity index (χ2v) is 3.23. The average molecular weight is 222 g/mol. The molecule has 0 amide bonds. The van der Waals surface area contributed by atoms with Crippen LogP contribution in [0.1, 0.15) is 22.8 Å². The van der Waals surface area contributed by atoms with E-state index in [1.54, 1.807) is 18.2 Å². The number of aryl methyl sites for hydroxylation is 1. The first-order valence-corrected chi connectivity index (χ1v) is 4.96. The Balaban J connectivity index is 2.97. The van der Waals surface area contributed by atoms with Gasteiger partial charge in [0.15, 0.2) is 0 Å². The van der Waals surface area contributed by atoms with E-state index in [1.165, 1.54) is 7.11 Å². The normalized spacial score (nSPS) is 9.69. The molecule has 0 heterocycles. The first kappa shape index (κ1) is 12.2. The third-order valence-corrected chi connectivity index (χ3v) is 2.11. The molecule has 4 nitrogen and oxygen atoms in total. The van der Waals surface area contributed by atoms with Gasteiger partial charge in [-0.05, 0) is 37.6 Å². The van der Waals surface area contributed by atoms with Gasteiger partial charge in [-0.25, -0.2) is 4.79 Å². The quantitative estimate of drug-likeness (QED) is 0.442. The lowest BCUT2D eigenvalue weighted by Gasteiger charge is -2.07. The number of ether oxygens (including phenoxy) is 2. The molecule has 0 aliphatic heterocycles. The van der Waals surface area contributed by atoms with Crippen molar-refractivity contribution >= 4 is 11.8 Å². The first-order valence-electron chi connectivity index (χ1n) is 4.96. The molecule has 16 heavy (non-hydrogen) atoms. The molecular weight excluding hydrogens is 208 g/mol. The molecule has 86 valence electrons. The molecule has 0 aromatic heterocycles. The van der Waals surface area contributed by atoms with E-state index in [1.807, 2.05) is 13.8 Å². The summed E-state index contributed by atoms with van der Waals surface area (Å²) in [5.41, 5.74) is 1.13. The van der Waals surface area contributed by atoms with Crippen molar-refractivity contribution in [3.63, 3.8) is 0 Å². The lowest BCUT2D eigenvalue weighted by atomic mass is 10.1. The summed E-state index contributed by atoms with van der Waals surface area (Å²) in [7, 11) is 1.18. The number of methoxy groups -OCH3 is 1. The molecule has 4 heteroatoms. The van der Waals surface area contributed by atoms with Gasteiger partial charge in [-0.15, -0.1) is 0 Å². The SMILES string of the molecule is CCOc1ccc(C(=O)C(=O)OC)cc1C. The highest BCUT2D eigenvalue weighted by atomic mass is 16.5. The minimum atomic E-state index is -0.858. The number of esters is 1. The number of Topliss-reactive ketones (excluding diaryl/α,β-unsaturated/α-hetero) is 1. The maximum Gasteiger partial charge on any atom is 0.379 e. The molecule has 0 fully saturated rings. The van der Waals surface area contributed by atoms with E-state index in [2.05, 4.69) is 4.74 Å². The van der Waals surface area contributed by atoms with Gasteiger partial charge < -0.3 is 9.47 Å². The van der Waals surface area contributed by atoms with E-state index < -0.39 is 11.8 Å². The summed E-state index contributed by atoms with van der Waals surface area (Å²) in [5.74, 6) is -0.791. The van der Waals surface area contributed by atoms with Crippen LogP contribution in [0.5, 0.6) is 5.75 Å². The zero-order chi connectivity index (χ0) is 12.1. The van der Waals surface area contributed by atoms with Crippen LogP contribution in [0, 0.1) is 6.92 Å². The van der Waals surface area contributed by atoms with E-state index in [0.717, 1.165) is 5.56 Å². The molecule has 0 aliphatic carbocycles. The Morgan fingerprint density at radius 3 is 2.50 bits per heavy atom. The number of rotatable bonds is 4. The van der Waals surface area contributed by atoms with Crippen molar-refractivity contribution in [2.75, 3.05) is 13.7 Å². The maximum atomic E-state index is 11.5. The van der Waals surface area contributed by atoms with Gasteiger partial charge >= 0.3 is 5.97 Å². The van der Waals surface area contributed by atoms with Crippen LogP contribution in [-0.4, -0.2) is 25.5 Å². The van der Waals surface area contributed by atoms with Crippen molar-refractivity contribution in [1.29, 1.82) is 0 Å². The first-order chi connectivity index (χ1) is 7.60. The average Bonchev–Trinajstić information content (AvgIpc) is 2.30. The van der Waals surface area contributed by atoms with Crippen molar-refractivity contribution in [3.8, 4) is 5.75 Å². The van der Waals surface area contributed by atoms with E-state index in [9.17, 15) is 9.59 Å². The van der Waals surface area contributed by atoms with Crippen molar-refractivity contribution in [2.45, 2.75) is 13.8 Å². The van der Waals surface area contributed by atoms with Gasteiger partial charge in [0.05, 0.1) is 13.7 Å². The van der Waals surface area contributed by atoms with Gasteiger partial charge in [-0.1, -0.05) is 0 Å². The van der Waals surface area contributed by atoms with Gasteiger partial charge in [0.25, 0.3) is 5.78 Å². The molecular formula is C12H14O4. The van der Waals surface area contributed by atoms with Crippen LogP contribution >= 0.6 is 0 Å². The van der Waals surface area contributed by atoms with Crippen LogP contribution in [0.2, 0.25) is 0 Å². The highest BCUT2D eigenvalue weighted by Crippen LogP contribution is 2.19. The lowest BCUT2D eigenvalue weighted by molar-refractivity contribution is -0.135. The van der Waals surface area contributed by atoms with Crippen LogP contribution in [0.15, 0.2) is 18.2 Å². The van der Waals surface area contributed by atoms with E-state index >= 15 is 0 Å². The fourth-order valence-electron chi connectivity index (χ4n) is 1.32. The molecule has 0 atom stereocenters. The highest BCUT2D eigenvalue weighted by molar-refractivity contribution is 6.40. The van der Waals surface area contributed by atoms with Crippen molar-refractivity contribution in [3.05, 3.63) is 29.3 Å². The minimum Gasteiger partial charge on any atom is -0.494 e. The van der Waals surface area contributed by atoms with Crippen molar-refractivity contribution < 1.29 is 19.1 Å². The molecule has 0 aliphatic rings. The highest BCUT2D eigenvalue weighted by Gasteiger charge is 2.17. The number of ketones is 1. The number of carbonyl (C=O) groups excluding carboxylic acids is 2. The van der Waals surface area contributed by atoms with Crippen LogP contribution in [0.25, 0.3) is 0 Å². The third-order valence-electron chi connectivity index (χ3n) is 2.11. The Bertz CT molecular complexity index is 409. The predicted octanol–water partition coefficient (Wildman–Crippen LogP) is 1.75. The standard InChI is InChI=1S/C12H14O4/c1-4-16-10-6-5-9(7-8(10)2)11(13)12(14)15-3/h5-7H,4H2,1-3H3. The second kappa shape index (κ2) is 5.30. The van der Waals surface area contributed by atoms with Gasteiger partial charge in [-0.3, -0.25) is 4.79 Å². The Kier molecular flexibility index (Phi) is 4.05. The molecule has 0 saturated heterocycles. The zero-order valence-corrected chi connectivity index (χ0v) is 9.57. The summed E-state index contributed by atoms with van der Waals surface area (Å²) in [5, 5.41) is 0.